The molecule has 1 atom stereocenters. The van der Waals surface area contributed by atoms with Crippen LogP contribution in [0.25, 0.3) is 0 Å². The summed E-state index contributed by atoms with van der Waals surface area (Å²) in [5.41, 5.74) is 0.321. The zero-order valence-corrected chi connectivity index (χ0v) is 14.5. The molecule has 0 aliphatic heterocycles. The summed E-state index contributed by atoms with van der Waals surface area (Å²) in [6.45, 7) is 5.30. The monoisotopic (exact) mass is 325 g/mol. The number of esters is 1. The molecule has 1 rings (SSSR count). The van der Waals surface area contributed by atoms with Gasteiger partial charge in [0.25, 0.3) is 0 Å². The second kappa shape index (κ2) is 8.08. The lowest BCUT2D eigenvalue weighted by molar-refractivity contribution is -0.143. The minimum absolute atomic E-state index is 0.348. The van der Waals surface area contributed by atoms with Gasteiger partial charge >= 0.3 is 12.1 Å². The maximum atomic E-state index is 11.9. The number of amides is 1. The third-order valence-electron chi connectivity index (χ3n) is 2.75. The fraction of sp³-hybridized carbons (Fsp3) is 0.500. The van der Waals surface area contributed by atoms with Crippen LogP contribution < -0.4 is 5.32 Å². The molecular weight excluding hydrogens is 302 g/mol. The Hall–Kier alpha value is -1.69. The molecule has 1 amide bonds. The lowest BCUT2D eigenvalue weighted by Crippen LogP contribution is -2.45. The fourth-order valence-corrected chi connectivity index (χ4v) is 2.30. The summed E-state index contributed by atoms with van der Waals surface area (Å²) >= 11 is 1.62. The SMILES string of the molecule is COC(=O)[C@H](Cc1cccc(SC)c1)NC(=O)OC(C)(C)C. The summed E-state index contributed by atoms with van der Waals surface area (Å²) in [4.78, 5) is 24.8. The predicted octanol–water partition coefficient (Wildman–Crippen LogP) is 3.02. The summed E-state index contributed by atoms with van der Waals surface area (Å²) in [5, 5.41) is 2.57. The standard InChI is InChI=1S/C16H23NO4S/c1-16(2,3)21-15(19)17-13(14(18)20-4)10-11-7-6-8-12(9-11)22-5/h6-9,13H,10H2,1-5H3,(H,17,19)/t13-/m0/s1. The number of ether oxygens (including phenoxy) is 2. The predicted molar refractivity (Wildman–Crippen MR) is 87.1 cm³/mol. The summed E-state index contributed by atoms with van der Waals surface area (Å²) in [6.07, 6.45) is 1.69. The number of carbonyl (C=O) groups excluding carboxylic acids is 2. The first kappa shape index (κ1) is 18.4. The Morgan fingerprint density at radius 2 is 2.00 bits per heavy atom. The van der Waals surface area contributed by atoms with Gasteiger partial charge in [-0.2, -0.15) is 0 Å². The largest absolute Gasteiger partial charge is 0.467 e. The second-order valence-electron chi connectivity index (χ2n) is 5.78. The zero-order chi connectivity index (χ0) is 16.8. The number of carbonyl (C=O) groups is 2. The van der Waals surface area contributed by atoms with Crippen molar-refractivity contribution in [2.75, 3.05) is 13.4 Å². The summed E-state index contributed by atoms with van der Waals surface area (Å²) in [6, 6.07) is 7.02. The molecule has 0 heterocycles. The molecule has 0 radical (unpaired) electrons. The van der Waals surface area contributed by atoms with E-state index in [1.165, 1.54) is 7.11 Å². The fourth-order valence-electron chi connectivity index (χ4n) is 1.82. The van der Waals surface area contributed by atoms with Crippen molar-refractivity contribution in [2.24, 2.45) is 0 Å². The topological polar surface area (TPSA) is 64.6 Å². The van der Waals surface area contributed by atoms with Crippen molar-refractivity contribution in [3.8, 4) is 0 Å². The highest BCUT2D eigenvalue weighted by atomic mass is 32.2. The molecule has 1 aromatic carbocycles. The molecular formula is C16H23NO4S. The summed E-state index contributed by atoms with van der Waals surface area (Å²) in [5.74, 6) is -0.500. The average molecular weight is 325 g/mol. The van der Waals surface area contributed by atoms with Crippen LogP contribution in [-0.2, 0) is 20.7 Å². The smallest absolute Gasteiger partial charge is 0.408 e. The first-order valence-electron chi connectivity index (χ1n) is 6.95. The molecule has 0 unspecified atom stereocenters. The first-order valence-corrected chi connectivity index (χ1v) is 8.18. The van der Waals surface area contributed by atoms with Crippen LogP contribution in [0.3, 0.4) is 0 Å². The van der Waals surface area contributed by atoms with E-state index >= 15 is 0 Å². The van der Waals surface area contributed by atoms with Gasteiger partial charge in [-0.05, 0) is 44.7 Å². The molecule has 0 saturated carbocycles. The Balaban J connectivity index is 2.80. The van der Waals surface area contributed by atoms with Crippen molar-refractivity contribution in [1.29, 1.82) is 0 Å². The van der Waals surface area contributed by atoms with Gasteiger partial charge in [0, 0.05) is 11.3 Å². The molecule has 22 heavy (non-hydrogen) atoms. The van der Waals surface area contributed by atoms with Gasteiger partial charge in [0.15, 0.2) is 0 Å². The quantitative estimate of drug-likeness (QED) is 0.666. The molecule has 0 aromatic heterocycles. The third kappa shape index (κ3) is 6.39. The highest BCUT2D eigenvalue weighted by molar-refractivity contribution is 7.98. The number of hydrogen-bond acceptors (Lipinski definition) is 5. The molecule has 122 valence electrons. The Labute approximate surface area is 135 Å². The van der Waals surface area contributed by atoms with Gasteiger partial charge in [0.1, 0.15) is 11.6 Å². The lowest BCUT2D eigenvalue weighted by Gasteiger charge is -2.22. The van der Waals surface area contributed by atoms with E-state index in [1.54, 1.807) is 32.5 Å². The van der Waals surface area contributed by atoms with Crippen molar-refractivity contribution < 1.29 is 19.1 Å². The molecule has 0 saturated heterocycles. The Morgan fingerprint density at radius 1 is 1.32 bits per heavy atom. The van der Waals surface area contributed by atoms with Crippen molar-refractivity contribution in [3.63, 3.8) is 0 Å². The van der Waals surface area contributed by atoms with E-state index in [0.29, 0.717) is 6.42 Å². The Bertz CT molecular complexity index is 525. The van der Waals surface area contributed by atoms with E-state index in [4.69, 9.17) is 9.47 Å². The van der Waals surface area contributed by atoms with Crippen LogP contribution in [0.15, 0.2) is 29.2 Å². The van der Waals surface area contributed by atoms with Crippen molar-refractivity contribution in [1.82, 2.24) is 5.32 Å². The summed E-state index contributed by atoms with van der Waals surface area (Å²) in [7, 11) is 1.30. The molecule has 1 aromatic rings. The highest BCUT2D eigenvalue weighted by Gasteiger charge is 2.25. The number of nitrogens with one attached hydrogen (secondary N) is 1. The highest BCUT2D eigenvalue weighted by Crippen LogP contribution is 2.17. The van der Waals surface area contributed by atoms with Gasteiger partial charge in [0.2, 0.25) is 0 Å². The molecule has 0 aliphatic rings. The van der Waals surface area contributed by atoms with Gasteiger partial charge in [-0.1, -0.05) is 12.1 Å². The number of methoxy groups -OCH3 is 1. The van der Waals surface area contributed by atoms with Gasteiger partial charge in [0.05, 0.1) is 7.11 Å². The number of thioether (sulfide) groups is 1. The number of benzene rings is 1. The molecule has 0 spiro atoms. The zero-order valence-electron chi connectivity index (χ0n) is 13.6. The normalized spacial score (nSPS) is 12.4. The molecule has 0 aliphatic carbocycles. The van der Waals surface area contributed by atoms with Gasteiger partial charge in [-0.3, -0.25) is 0 Å². The van der Waals surface area contributed by atoms with Crippen LogP contribution in [0, 0.1) is 0 Å². The van der Waals surface area contributed by atoms with Crippen LogP contribution in [0.5, 0.6) is 0 Å². The second-order valence-corrected chi connectivity index (χ2v) is 6.66. The maximum Gasteiger partial charge on any atom is 0.408 e. The van der Waals surface area contributed by atoms with E-state index in [1.807, 2.05) is 30.5 Å². The van der Waals surface area contributed by atoms with Crippen LogP contribution in [0.2, 0.25) is 0 Å². The minimum atomic E-state index is -0.781. The van der Waals surface area contributed by atoms with Gasteiger partial charge in [-0.15, -0.1) is 11.8 Å². The number of rotatable bonds is 5. The van der Waals surface area contributed by atoms with Crippen LogP contribution >= 0.6 is 11.8 Å². The van der Waals surface area contributed by atoms with Crippen LogP contribution in [-0.4, -0.2) is 37.1 Å². The van der Waals surface area contributed by atoms with Gasteiger partial charge < -0.3 is 14.8 Å². The van der Waals surface area contributed by atoms with Gasteiger partial charge in [-0.25, -0.2) is 9.59 Å². The van der Waals surface area contributed by atoms with E-state index < -0.39 is 23.7 Å². The number of alkyl carbamates (subject to hydrolysis) is 1. The minimum Gasteiger partial charge on any atom is -0.467 e. The first-order chi connectivity index (χ1) is 10.2. The number of hydrogen-bond donors (Lipinski definition) is 1. The van der Waals surface area contributed by atoms with E-state index in [0.717, 1.165) is 10.5 Å². The maximum absolute atomic E-state index is 11.9. The summed E-state index contributed by atoms with van der Waals surface area (Å²) < 4.78 is 9.94. The van der Waals surface area contributed by atoms with E-state index in [-0.39, 0.29) is 0 Å². The lowest BCUT2D eigenvalue weighted by atomic mass is 10.1. The van der Waals surface area contributed by atoms with Crippen molar-refractivity contribution >= 4 is 23.8 Å². The van der Waals surface area contributed by atoms with Crippen molar-refractivity contribution in [2.45, 2.75) is 43.7 Å². The van der Waals surface area contributed by atoms with Crippen LogP contribution in [0.4, 0.5) is 4.79 Å². The molecule has 0 fully saturated rings. The molecule has 0 bridgehead atoms. The Morgan fingerprint density at radius 3 is 2.55 bits per heavy atom. The molecule has 5 nitrogen and oxygen atoms in total. The Kier molecular flexibility index (Phi) is 6.74. The third-order valence-corrected chi connectivity index (χ3v) is 3.48. The van der Waals surface area contributed by atoms with E-state index in [2.05, 4.69) is 5.32 Å². The molecule has 6 heteroatoms. The van der Waals surface area contributed by atoms with Crippen molar-refractivity contribution in [3.05, 3.63) is 29.8 Å². The van der Waals surface area contributed by atoms with E-state index in [9.17, 15) is 9.59 Å². The average Bonchev–Trinajstić information content (AvgIpc) is 2.44. The van der Waals surface area contributed by atoms with Crippen LogP contribution in [0.1, 0.15) is 26.3 Å². The molecule has 1 N–H and O–H groups in total.